The Morgan fingerprint density at radius 3 is 2.75 bits per heavy atom. The van der Waals surface area contributed by atoms with Gasteiger partial charge in [-0.2, -0.15) is 0 Å². The normalized spacial score (nSPS) is 17.0. The van der Waals surface area contributed by atoms with Crippen LogP contribution in [0.25, 0.3) is 10.8 Å². The molecule has 2 amide bonds. The molecule has 2 aromatic carbocycles. The number of carbonyl (C=O) groups is 2. The minimum Gasteiger partial charge on any atom is -0.492 e. The van der Waals surface area contributed by atoms with Gasteiger partial charge in [0.25, 0.3) is 0 Å². The van der Waals surface area contributed by atoms with Crippen LogP contribution in [-0.4, -0.2) is 48.2 Å². The van der Waals surface area contributed by atoms with Crippen molar-refractivity contribution < 1.29 is 19.4 Å². The van der Waals surface area contributed by atoms with Gasteiger partial charge in [-0.15, -0.1) is 0 Å². The van der Waals surface area contributed by atoms with E-state index in [1.54, 1.807) is 0 Å². The van der Waals surface area contributed by atoms with Gasteiger partial charge in [0, 0.05) is 13.1 Å². The molecule has 126 valence electrons. The smallest absolute Gasteiger partial charge is 0.317 e. The maximum atomic E-state index is 12.0. The van der Waals surface area contributed by atoms with Gasteiger partial charge in [0.1, 0.15) is 12.4 Å². The molecule has 0 aliphatic carbocycles. The number of carboxylic acid groups (broad SMARTS) is 1. The number of likely N-dealkylation sites (tertiary alicyclic amines) is 1. The third kappa shape index (κ3) is 3.76. The van der Waals surface area contributed by atoms with Crippen molar-refractivity contribution in [1.29, 1.82) is 0 Å². The van der Waals surface area contributed by atoms with Gasteiger partial charge in [-0.3, -0.25) is 4.79 Å². The summed E-state index contributed by atoms with van der Waals surface area (Å²) in [4.78, 5) is 24.4. The summed E-state index contributed by atoms with van der Waals surface area (Å²) in [6.45, 7) is 1.49. The predicted octanol–water partition coefficient (Wildman–Crippen LogP) is 2.33. The highest BCUT2D eigenvalue weighted by Gasteiger charge is 2.30. The summed E-state index contributed by atoms with van der Waals surface area (Å²) in [7, 11) is 0. The molecule has 0 aromatic heterocycles. The monoisotopic (exact) mass is 328 g/mol. The van der Waals surface area contributed by atoms with Gasteiger partial charge in [-0.25, -0.2) is 4.79 Å². The number of fused-ring (bicyclic) bond motifs is 1. The van der Waals surface area contributed by atoms with Crippen molar-refractivity contribution in [2.45, 2.75) is 6.42 Å². The summed E-state index contributed by atoms with van der Waals surface area (Å²) in [5.74, 6) is -0.537. The Bertz CT molecular complexity index is 747. The van der Waals surface area contributed by atoms with Crippen LogP contribution in [-0.2, 0) is 4.79 Å². The van der Waals surface area contributed by atoms with Gasteiger partial charge in [-0.1, -0.05) is 30.3 Å². The van der Waals surface area contributed by atoms with Crippen LogP contribution in [0.15, 0.2) is 42.5 Å². The molecule has 0 radical (unpaired) electrons. The van der Waals surface area contributed by atoms with E-state index in [1.807, 2.05) is 42.5 Å². The highest BCUT2D eigenvalue weighted by molar-refractivity contribution is 5.83. The van der Waals surface area contributed by atoms with Gasteiger partial charge >= 0.3 is 12.0 Å². The number of carbonyl (C=O) groups excluding carboxylic acids is 1. The van der Waals surface area contributed by atoms with Crippen molar-refractivity contribution in [2.75, 3.05) is 26.2 Å². The van der Waals surface area contributed by atoms with Gasteiger partial charge in [-0.05, 0) is 29.3 Å². The summed E-state index contributed by atoms with van der Waals surface area (Å²) in [5, 5.41) is 14.0. The minimum atomic E-state index is -0.843. The second kappa shape index (κ2) is 7.21. The summed E-state index contributed by atoms with van der Waals surface area (Å²) in [6, 6.07) is 13.7. The van der Waals surface area contributed by atoms with E-state index in [-0.39, 0.29) is 12.6 Å². The Morgan fingerprint density at radius 2 is 2.00 bits per heavy atom. The van der Waals surface area contributed by atoms with E-state index in [0.717, 1.165) is 16.5 Å². The molecular weight excluding hydrogens is 308 g/mol. The summed E-state index contributed by atoms with van der Waals surface area (Å²) in [5.41, 5.74) is 0. The Balaban J connectivity index is 1.43. The number of carboxylic acids is 1. The number of rotatable bonds is 5. The first-order valence-electron chi connectivity index (χ1n) is 8.00. The molecule has 6 heteroatoms. The number of aliphatic carboxylic acids is 1. The van der Waals surface area contributed by atoms with Crippen LogP contribution >= 0.6 is 0 Å². The van der Waals surface area contributed by atoms with E-state index in [9.17, 15) is 9.59 Å². The maximum absolute atomic E-state index is 12.0. The average Bonchev–Trinajstić information content (AvgIpc) is 3.09. The molecule has 3 rings (SSSR count). The SMILES string of the molecule is O=C(O)C1CCN(C(=O)NCCOc2ccc3ccccc3c2)C1. The fourth-order valence-corrected chi connectivity index (χ4v) is 2.84. The Morgan fingerprint density at radius 1 is 1.21 bits per heavy atom. The van der Waals surface area contributed by atoms with E-state index in [4.69, 9.17) is 9.84 Å². The van der Waals surface area contributed by atoms with Crippen molar-refractivity contribution in [3.8, 4) is 5.75 Å². The van der Waals surface area contributed by atoms with Crippen LogP contribution in [0.5, 0.6) is 5.75 Å². The maximum Gasteiger partial charge on any atom is 0.317 e. The molecular formula is C18H20N2O4. The largest absolute Gasteiger partial charge is 0.492 e. The number of urea groups is 1. The molecule has 6 nitrogen and oxygen atoms in total. The first kappa shape index (κ1) is 16.1. The lowest BCUT2D eigenvalue weighted by Crippen LogP contribution is -2.40. The van der Waals surface area contributed by atoms with Gasteiger partial charge < -0.3 is 20.1 Å². The Hall–Kier alpha value is -2.76. The van der Waals surface area contributed by atoms with Crippen molar-refractivity contribution in [3.05, 3.63) is 42.5 Å². The summed E-state index contributed by atoms with van der Waals surface area (Å²) < 4.78 is 5.66. The number of ether oxygens (including phenoxy) is 1. The number of benzene rings is 2. The van der Waals surface area contributed by atoms with Crippen LogP contribution in [0.2, 0.25) is 0 Å². The second-order valence-electron chi connectivity index (χ2n) is 5.86. The summed E-state index contributed by atoms with van der Waals surface area (Å²) >= 11 is 0. The topological polar surface area (TPSA) is 78.9 Å². The molecule has 1 aliphatic heterocycles. The van der Waals surface area contributed by atoms with Crippen molar-refractivity contribution >= 4 is 22.8 Å². The molecule has 2 N–H and O–H groups in total. The molecule has 0 saturated carbocycles. The van der Waals surface area contributed by atoms with Crippen LogP contribution in [0, 0.1) is 5.92 Å². The lowest BCUT2D eigenvalue weighted by atomic mass is 10.1. The zero-order valence-electron chi connectivity index (χ0n) is 13.3. The standard InChI is InChI=1S/C18H20N2O4/c21-17(22)15-7-9-20(12-15)18(23)19-8-10-24-16-6-5-13-3-1-2-4-14(13)11-16/h1-6,11,15H,7-10,12H2,(H,19,23)(H,21,22). The Labute approximate surface area is 140 Å². The van der Waals surface area contributed by atoms with Crippen molar-refractivity contribution in [2.24, 2.45) is 5.92 Å². The highest BCUT2D eigenvalue weighted by atomic mass is 16.5. The predicted molar refractivity (Wildman–Crippen MR) is 90.2 cm³/mol. The molecule has 24 heavy (non-hydrogen) atoms. The molecule has 0 bridgehead atoms. The fourth-order valence-electron chi connectivity index (χ4n) is 2.84. The third-order valence-electron chi connectivity index (χ3n) is 4.19. The van der Waals surface area contributed by atoms with E-state index in [1.165, 1.54) is 4.90 Å². The van der Waals surface area contributed by atoms with Crippen LogP contribution in [0.4, 0.5) is 4.79 Å². The molecule has 0 spiro atoms. The summed E-state index contributed by atoms with van der Waals surface area (Å²) in [6.07, 6.45) is 0.510. The molecule has 1 saturated heterocycles. The van der Waals surface area contributed by atoms with Gasteiger partial charge in [0.05, 0.1) is 12.5 Å². The van der Waals surface area contributed by atoms with E-state index >= 15 is 0 Å². The number of nitrogens with one attached hydrogen (secondary N) is 1. The van der Waals surface area contributed by atoms with E-state index in [0.29, 0.717) is 26.1 Å². The molecule has 2 aromatic rings. The number of hydrogen-bond donors (Lipinski definition) is 2. The molecule has 1 atom stereocenters. The zero-order chi connectivity index (χ0) is 16.9. The van der Waals surface area contributed by atoms with Crippen molar-refractivity contribution in [1.82, 2.24) is 10.2 Å². The van der Waals surface area contributed by atoms with Gasteiger partial charge in [0.15, 0.2) is 0 Å². The fraction of sp³-hybridized carbons (Fsp3) is 0.333. The number of amides is 2. The first-order valence-corrected chi connectivity index (χ1v) is 8.00. The number of hydrogen-bond acceptors (Lipinski definition) is 3. The van der Waals surface area contributed by atoms with Crippen LogP contribution in [0.1, 0.15) is 6.42 Å². The minimum absolute atomic E-state index is 0.235. The quantitative estimate of drug-likeness (QED) is 0.826. The molecule has 1 unspecified atom stereocenters. The molecule has 1 heterocycles. The third-order valence-corrected chi connectivity index (χ3v) is 4.19. The first-order chi connectivity index (χ1) is 11.6. The average molecular weight is 328 g/mol. The van der Waals surface area contributed by atoms with Crippen molar-refractivity contribution in [3.63, 3.8) is 0 Å². The van der Waals surface area contributed by atoms with E-state index in [2.05, 4.69) is 5.32 Å². The van der Waals surface area contributed by atoms with Crippen LogP contribution < -0.4 is 10.1 Å². The lowest BCUT2D eigenvalue weighted by Gasteiger charge is -2.17. The van der Waals surface area contributed by atoms with E-state index < -0.39 is 11.9 Å². The highest BCUT2D eigenvalue weighted by Crippen LogP contribution is 2.20. The molecule has 1 aliphatic rings. The number of nitrogens with zero attached hydrogens (tertiary/aromatic N) is 1. The lowest BCUT2D eigenvalue weighted by molar-refractivity contribution is -0.141. The second-order valence-corrected chi connectivity index (χ2v) is 5.86. The molecule has 1 fully saturated rings. The Kier molecular flexibility index (Phi) is 4.84. The zero-order valence-corrected chi connectivity index (χ0v) is 13.3. The van der Waals surface area contributed by atoms with Crippen LogP contribution in [0.3, 0.4) is 0 Å². The van der Waals surface area contributed by atoms with Gasteiger partial charge in [0.2, 0.25) is 0 Å².